The molecule has 1 aliphatic heterocycles. The molecule has 32 heavy (non-hydrogen) atoms. The number of hydrogen-bond donors (Lipinski definition) is 0. The maximum absolute atomic E-state index is 13.0. The number of pyridine rings is 3. The summed E-state index contributed by atoms with van der Waals surface area (Å²) < 4.78 is 1.65. The van der Waals surface area contributed by atoms with Crippen molar-refractivity contribution in [1.29, 1.82) is 0 Å². The molecule has 0 spiro atoms. The van der Waals surface area contributed by atoms with Gasteiger partial charge in [-0.1, -0.05) is 5.21 Å². The average Bonchev–Trinajstić information content (AvgIpc) is 3.25. The van der Waals surface area contributed by atoms with Gasteiger partial charge in [-0.2, -0.15) is 0 Å². The molecule has 0 unspecified atom stereocenters. The van der Waals surface area contributed by atoms with Crippen LogP contribution in [0.1, 0.15) is 16.1 Å². The summed E-state index contributed by atoms with van der Waals surface area (Å²) in [6.45, 7) is 3.81. The number of piperazine rings is 1. The number of Topliss-reactive ketones (excluding diaryl/α,β-unsaturated/α-hetero) is 1. The highest BCUT2D eigenvalue weighted by atomic mass is 16.1. The number of carbonyl (C=O) groups is 1. The summed E-state index contributed by atoms with van der Waals surface area (Å²) in [7, 11) is 3.94. The number of aromatic nitrogens is 6. The molecule has 5 heterocycles. The quantitative estimate of drug-likeness (QED) is 0.446. The smallest absolute Gasteiger partial charge is 0.169 e. The van der Waals surface area contributed by atoms with Crippen LogP contribution in [0, 0.1) is 0 Å². The topological polar surface area (TPSA) is 92.9 Å². The van der Waals surface area contributed by atoms with Crippen molar-refractivity contribution in [2.75, 3.05) is 38.1 Å². The zero-order valence-corrected chi connectivity index (χ0v) is 18.1. The van der Waals surface area contributed by atoms with Crippen LogP contribution >= 0.6 is 0 Å². The molecule has 0 aromatic carbocycles. The van der Waals surface area contributed by atoms with Crippen molar-refractivity contribution in [3.05, 3.63) is 60.3 Å². The van der Waals surface area contributed by atoms with Crippen LogP contribution in [-0.2, 0) is 13.5 Å². The van der Waals surface area contributed by atoms with Crippen molar-refractivity contribution in [1.82, 2.24) is 34.8 Å². The highest BCUT2D eigenvalue weighted by Crippen LogP contribution is 2.22. The van der Waals surface area contributed by atoms with E-state index in [9.17, 15) is 4.79 Å². The number of nitrogens with zero attached hydrogens (tertiary/aromatic N) is 8. The first-order valence-corrected chi connectivity index (χ1v) is 10.6. The van der Waals surface area contributed by atoms with Gasteiger partial charge in [0.25, 0.3) is 0 Å². The fourth-order valence-corrected chi connectivity index (χ4v) is 3.86. The van der Waals surface area contributed by atoms with Crippen LogP contribution in [0.15, 0.2) is 49.1 Å². The molecule has 4 aromatic heterocycles. The highest BCUT2D eigenvalue weighted by molar-refractivity contribution is 5.98. The number of ketones is 1. The van der Waals surface area contributed by atoms with E-state index in [4.69, 9.17) is 0 Å². The molecule has 9 nitrogen and oxygen atoms in total. The van der Waals surface area contributed by atoms with Gasteiger partial charge in [-0.3, -0.25) is 19.4 Å². The van der Waals surface area contributed by atoms with Crippen LogP contribution in [0.3, 0.4) is 0 Å². The number of rotatable bonds is 5. The Bertz CT molecular complexity index is 1280. The summed E-state index contributed by atoms with van der Waals surface area (Å²) in [4.78, 5) is 30.9. The molecule has 0 radical (unpaired) electrons. The fourth-order valence-electron chi connectivity index (χ4n) is 3.86. The van der Waals surface area contributed by atoms with Crippen molar-refractivity contribution in [2.24, 2.45) is 7.05 Å². The first kappa shape index (κ1) is 20.2. The van der Waals surface area contributed by atoms with Gasteiger partial charge in [-0.05, 0) is 31.3 Å². The molecule has 162 valence electrons. The van der Waals surface area contributed by atoms with Crippen molar-refractivity contribution < 1.29 is 4.79 Å². The van der Waals surface area contributed by atoms with Crippen LogP contribution in [-0.4, -0.2) is 73.9 Å². The van der Waals surface area contributed by atoms with Gasteiger partial charge in [0.1, 0.15) is 11.5 Å². The third-order valence-corrected chi connectivity index (χ3v) is 5.76. The first-order chi connectivity index (χ1) is 15.5. The minimum absolute atomic E-state index is 0.0210. The zero-order valence-electron chi connectivity index (χ0n) is 18.1. The van der Waals surface area contributed by atoms with E-state index in [0.29, 0.717) is 11.3 Å². The van der Waals surface area contributed by atoms with Crippen LogP contribution in [0.25, 0.3) is 22.2 Å². The summed E-state index contributed by atoms with van der Waals surface area (Å²) in [5.41, 5.74) is 3.76. The minimum Gasteiger partial charge on any atom is -0.354 e. The van der Waals surface area contributed by atoms with Crippen LogP contribution in [0.2, 0.25) is 0 Å². The predicted molar refractivity (Wildman–Crippen MR) is 122 cm³/mol. The van der Waals surface area contributed by atoms with Crippen molar-refractivity contribution in [3.8, 4) is 11.3 Å². The standard InChI is InChI=1S/C23H24N8O/c1-29-5-7-31(8-6-29)23-11-16(3-4-24-23)22(32)12-19-10-17-9-18(13-26-20(17)14-25-19)21-15-30(2)28-27-21/h3-4,9-11,13-15H,5-8,12H2,1-2H3. The second-order valence-corrected chi connectivity index (χ2v) is 8.16. The average molecular weight is 429 g/mol. The summed E-state index contributed by atoms with van der Waals surface area (Å²) in [5.74, 6) is 0.876. The summed E-state index contributed by atoms with van der Waals surface area (Å²) in [6, 6.07) is 7.59. The molecule has 0 atom stereocenters. The molecule has 0 amide bonds. The van der Waals surface area contributed by atoms with Gasteiger partial charge in [-0.15, -0.1) is 5.10 Å². The Morgan fingerprint density at radius 1 is 1.00 bits per heavy atom. The van der Waals surface area contributed by atoms with E-state index in [1.165, 1.54) is 0 Å². The largest absolute Gasteiger partial charge is 0.354 e. The van der Waals surface area contributed by atoms with E-state index in [2.05, 4.69) is 42.1 Å². The number of hydrogen-bond acceptors (Lipinski definition) is 8. The Morgan fingerprint density at radius 2 is 1.84 bits per heavy atom. The van der Waals surface area contributed by atoms with Crippen LogP contribution in [0.5, 0.6) is 0 Å². The Labute approximate surface area is 185 Å². The van der Waals surface area contributed by atoms with Gasteiger partial charge in [0, 0.05) is 67.8 Å². The molecule has 1 aliphatic rings. The molecule has 0 saturated carbocycles. The van der Waals surface area contributed by atoms with Crippen molar-refractivity contribution in [3.63, 3.8) is 0 Å². The van der Waals surface area contributed by atoms with E-state index < -0.39 is 0 Å². The SMILES string of the molecule is CN1CCN(c2cc(C(=O)Cc3cc4cc(-c5cn(C)nn5)cnc4cn3)ccn2)CC1. The molecule has 0 aliphatic carbocycles. The molecular formula is C23H24N8O. The van der Waals surface area contributed by atoms with Gasteiger partial charge < -0.3 is 9.80 Å². The lowest BCUT2D eigenvalue weighted by molar-refractivity contribution is 0.0992. The van der Waals surface area contributed by atoms with Gasteiger partial charge >= 0.3 is 0 Å². The number of anilines is 1. The predicted octanol–water partition coefficient (Wildman–Crippen LogP) is 2.00. The van der Waals surface area contributed by atoms with Gasteiger partial charge in [0.15, 0.2) is 5.78 Å². The van der Waals surface area contributed by atoms with E-state index >= 15 is 0 Å². The van der Waals surface area contributed by atoms with E-state index in [1.807, 2.05) is 31.4 Å². The van der Waals surface area contributed by atoms with Crippen LogP contribution < -0.4 is 4.90 Å². The first-order valence-electron chi connectivity index (χ1n) is 10.6. The third-order valence-electron chi connectivity index (χ3n) is 5.76. The second-order valence-electron chi connectivity index (χ2n) is 8.16. The van der Waals surface area contributed by atoms with Gasteiger partial charge in [0.2, 0.25) is 0 Å². The van der Waals surface area contributed by atoms with E-state index in [-0.39, 0.29) is 12.2 Å². The minimum atomic E-state index is 0.0210. The Morgan fingerprint density at radius 3 is 2.62 bits per heavy atom. The fraction of sp³-hybridized carbons (Fsp3) is 0.304. The lowest BCUT2D eigenvalue weighted by Gasteiger charge is -2.33. The van der Waals surface area contributed by atoms with Gasteiger partial charge in [0.05, 0.1) is 24.3 Å². The summed E-state index contributed by atoms with van der Waals surface area (Å²) in [5, 5.41) is 9.04. The third kappa shape index (κ3) is 4.19. The Hall–Kier alpha value is -3.72. The molecule has 9 heteroatoms. The zero-order chi connectivity index (χ0) is 22.1. The highest BCUT2D eigenvalue weighted by Gasteiger charge is 2.17. The number of likely N-dealkylation sites (N-methyl/N-ethyl adjacent to an activating group) is 1. The monoisotopic (exact) mass is 428 g/mol. The molecule has 1 fully saturated rings. The molecule has 0 N–H and O–H groups in total. The second kappa shape index (κ2) is 8.43. The van der Waals surface area contributed by atoms with Crippen molar-refractivity contribution in [2.45, 2.75) is 6.42 Å². The van der Waals surface area contributed by atoms with Crippen molar-refractivity contribution >= 4 is 22.5 Å². The molecule has 5 rings (SSSR count). The normalized spacial score (nSPS) is 14.8. The lowest BCUT2D eigenvalue weighted by Crippen LogP contribution is -2.44. The number of aryl methyl sites for hydroxylation is 1. The molecular weight excluding hydrogens is 404 g/mol. The number of fused-ring (bicyclic) bond motifs is 1. The molecule has 1 saturated heterocycles. The molecule has 4 aromatic rings. The summed E-state index contributed by atoms with van der Waals surface area (Å²) >= 11 is 0. The molecule has 0 bridgehead atoms. The Kier molecular flexibility index (Phi) is 5.32. The number of carbonyl (C=O) groups excluding carboxylic acids is 1. The maximum atomic E-state index is 13.0. The maximum Gasteiger partial charge on any atom is 0.169 e. The Balaban J connectivity index is 1.36. The summed E-state index contributed by atoms with van der Waals surface area (Å²) in [6.07, 6.45) is 7.25. The van der Waals surface area contributed by atoms with Crippen LogP contribution in [0.4, 0.5) is 5.82 Å². The van der Waals surface area contributed by atoms with Gasteiger partial charge in [-0.25, -0.2) is 4.98 Å². The lowest BCUT2D eigenvalue weighted by atomic mass is 10.1. The van der Waals surface area contributed by atoms with E-state index in [1.54, 1.807) is 29.3 Å². The van der Waals surface area contributed by atoms with E-state index in [0.717, 1.165) is 54.2 Å².